The molecular formula is C33H38Cl3N3O4S. The average molecular weight is 679 g/mol. The first-order chi connectivity index (χ1) is 21.0. The van der Waals surface area contributed by atoms with Gasteiger partial charge in [0.1, 0.15) is 6.04 Å². The monoisotopic (exact) mass is 677 g/mol. The van der Waals surface area contributed by atoms with Gasteiger partial charge in [0.25, 0.3) is 0 Å². The predicted octanol–water partition coefficient (Wildman–Crippen LogP) is 7.28. The zero-order chi connectivity index (χ0) is 31.7. The third-order valence-electron chi connectivity index (χ3n) is 7.82. The lowest BCUT2D eigenvalue weighted by Gasteiger charge is -2.34. The summed E-state index contributed by atoms with van der Waals surface area (Å²) >= 11 is 18.6. The second kappa shape index (κ2) is 16.0. The van der Waals surface area contributed by atoms with Crippen molar-refractivity contribution in [3.05, 3.63) is 99.0 Å². The molecule has 0 spiro atoms. The molecule has 11 heteroatoms. The predicted molar refractivity (Wildman–Crippen MR) is 179 cm³/mol. The van der Waals surface area contributed by atoms with Crippen LogP contribution in [0.5, 0.6) is 0 Å². The molecule has 0 aromatic heterocycles. The Balaban J connectivity index is 1.60. The Hall–Kier alpha value is -2.78. The third kappa shape index (κ3) is 9.86. The van der Waals surface area contributed by atoms with Gasteiger partial charge in [0.05, 0.1) is 17.0 Å². The van der Waals surface area contributed by atoms with Crippen LogP contribution in [0.25, 0.3) is 0 Å². The van der Waals surface area contributed by atoms with Crippen molar-refractivity contribution in [3.8, 4) is 0 Å². The fourth-order valence-corrected chi connectivity index (χ4v) is 7.08. The SMILES string of the molecule is CS(=O)(=O)N(CCCC(=O)N(Cc1ccc(Cl)cc1)[C@H](Cc1ccccc1)C(=O)NC1CCCCC1)c1cc(Cl)ccc1Cl. The summed E-state index contributed by atoms with van der Waals surface area (Å²) < 4.78 is 26.6. The number of rotatable bonds is 13. The minimum atomic E-state index is -3.73. The number of anilines is 1. The highest BCUT2D eigenvalue weighted by Crippen LogP contribution is 2.31. The fourth-order valence-electron chi connectivity index (χ4n) is 5.54. The average Bonchev–Trinajstić information content (AvgIpc) is 2.99. The van der Waals surface area contributed by atoms with Gasteiger partial charge in [0.15, 0.2) is 0 Å². The van der Waals surface area contributed by atoms with E-state index >= 15 is 0 Å². The number of hydrogen-bond acceptors (Lipinski definition) is 4. The van der Waals surface area contributed by atoms with Gasteiger partial charge in [-0.05, 0) is 60.7 Å². The van der Waals surface area contributed by atoms with Gasteiger partial charge in [0, 0.05) is 42.0 Å². The lowest BCUT2D eigenvalue weighted by Crippen LogP contribution is -2.52. The Bertz CT molecular complexity index is 1510. The molecule has 236 valence electrons. The van der Waals surface area contributed by atoms with Gasteiger partial charge in [-0.15, -0.1) is 0 Å². The second-order valence-electron chi connectivity index (χ2n) is 11.2. The second-order valence-corrected chi connectivity index (χ2v) is 14.4. The summed E-state index contributed by atoms with van der Waals surface area (Å²) in [5, 5.41) is 4.38. The summed E-state index contributed by atoms with van der Waals surface area (Å²) in [5.41, 5.74) is 2.01. The van der Waals surface area contributed by atoms with Crippen molar-refractivity contribution in [3.63, 3.8) is 0 Å². The first-order valence-electron chi connectivity index (χ1n) is 14.8. The van der Waals surface area contributed by atoms with Crippen LogP contribution >= 0.6 is 34.8 Å². The van der Waals surface area contributed by atoms with Crippen molar-refractivity contribution in [1.82, 2.24) is 10.2 Å². The van der Waals surface area contributed by atoms with Crippen LogP contribution < -0.4 is 9.62 Å². The molecular weight excluding hydrogens is 641 g/mol. The Morgan fingerprint density at radius 1 is 0.886 bits per heavy atom. The number of halogens is 3. The molecule has 44 heavy (non-hydrogen) atoms. The van der Waals surface area contributed by atoms with Gasteiger partial charge >= 0.3 is 0 Å². The minimum absolute atomic E-state index is 0.0110. The highest BCUT2D eigenvalue weighted by atomic mass is 35.5. The fraction of sp³-hybridized carbons (Fsp3) is 0.394. The summed E-state index contributed by atoms with van der Waals surface area (Å²) in [4.78, 5) is 29.6. The van der Waals surface area contributed by atoms with E-state index in [1.54, 1.807) is 23.1 Å². The molecule has 1 fully saturated rings. The molecule has 1 aliphatic carbocycles. The number of nitrogens with one attached hydrogen (secondary N) is 1. The van der Waals surface area contributed by atoms with E-state index in [2.05, 4.69) is 5.32 Å². The Morgan fingerprint density at radius 3 is 2.20 bits per heavy atom. The van der Waals surface area contributed by atoms with Crippen molar-refractivity contribution in [2.24, 2.45) is 0 Å². The molecule has 1 saturated carbocycles. The quantitative estimate of drug-likeness (QED) is 0.206. The van der Waals surface area contributed by atoms with Crippen LogP contribution in [-0.2, 0) is 32.6 Å². The van der Waals surface area contributed by atoms with Crippen LogP contribution in [0.3, 0.4) is 0 Å². The first-order valence-corrected chi connectivity index (χ1v) is 17.8. The number of carbonyl (C=O) groups is 2. The van der Waals surface area contributed by atoms with Crippen molar-refractivity contribution in [2.75, 3.05) is 17.1 Å². The van der Waals surface area contributed by atoms with Crippen LogP contribution in [0.4, 0.5) is 5.69 Å². The van der Waals surface area contributed by atoms with Crippen LogP contribution in [0.1, 0.15) is 56.1 Å². The van der Waals surface area contributed by atoms with E-state index in [-0.39, 0.29) is 54.5 Å². The summed E-state index contributed by atoms with van der Waals surface area (Å²) in [6.07, 6.45) is 6.77. The van der Waals surface area contributed by atoms with E-state index < -0.39 is 16.1 Å². The van der Waals surface area contributed by atoms with Crippen molar-refractivity contribution in [1.29, 1.82) is 0 Å². The van der Waals surface area contributed by atoms with E-state index in [4.69, 9.17) is 34.8 Å². The molecule has 1 atom stereocenters. The molecule has 2 amide bonds. The standard InChI is InChI=1S/C33H38Cl3N3O4S/c1-44(42,43)39(30-22-27(35)18-19-29(30)36)20-8-13-32(40)38(23-25-14-16-26(34)17-15-25)31(21-24-9-4-2-5-10-24)33(41)37-28-11-6-3-7-12-28/h2,4-5,9-10,14-19,22,28,31H,3,6-8,11-13,20-21,23H2,1H3,(H,37,41)/t31-/m1/s1. The smallest absolute Gasteiger partial charge is 0.243 e. The van der Waals surface area contributed by atoms with Crippen molar-refractivity contribution >= 4 is 62.3 Å². The van der Waals surface area contributed by atoms with E-state index in [0.717, 1.165) is 53.8 Å². The first kappa shape index (κ1) is 34.1. The lowest BCUT2D eigenvalue weighted by atomic mass is 9.94. The molecule has 0 saturated heterocycles. The number of carbonyl (C=O) groups excluding carboxylic acids is 2. The molecule has 7 nitrogen and oxygen atoms in total. The number of hydrogen-bond donors (Lipinski definition) is 1. The highest BCUT2D eigenvalue weighted by Gasteiger charge is 2.32. The molecule has 0 aliphatic heterocycles. The van der Waals surface area contributed by atoms with Crippen LogP contribution in [-0.4, -0.2) is 50.0 Å². The number of amides is 2. The number of benzene rings is 3. The molecule has 3 aromatic carbocycles. The van der Waals surface area contributed by atoms with Crippen molar-refractivity contribution in [2.45, 2.75) is 70.0 Å². The molecule has 1 aliphatic rings. The molecule has 0 heterocycles. The van der Waals surface area contributed by atoms with Crippen molar-refractivity contribution < 1.29 is 18.0 Å². The van der Waals surface area contributed by atoms with E-state index in [1.165, 1.54) is 12.1 Å². The largest absolute Gasteiger partial charge is 0.352 e. The van der Waals surface area contributed by atoms with Gasteiger partial charge in [0.2, 0.25) is 21.8 Å². The van der Waals surface area contributed by atoms with Crippen LogP contribution in [0.2, 0.25) is 15.1 Å². The minimum Gasteiger partial charge on any atom is -0.352 e. The Labute approximate surface area is 275 Å². The van der Waals surface area contributed by atoms with E-state index in [1.807, 2.05) is 42.5 Å². The van der Waals surface area contributed by atoms with Gasteiger partial charge < -0.3 is 10.2 Å². The molecule has 0 bridgehead atoms. The summed E-state index contributed by atoms with van der Waals surface area (Å²) in [5.74, 6) is -0.447. The van der Waals surface area contributed by atoms with Gasteiger partial charge in [-0.3, -0.25) is 13.9 Å². The molecule has 0 radical (unpaired) electrons. The van der Waals surface area contributed by atoms with E-state index in [9.17, 15) is 18.0 Å². The Kier molecular flexibility index (Phi) is 12.4. The zero-order valence-electron chi connectivity index (χ0n) is 24.7. The van der Waals surface area contributed by atoms with Gasteiger partial charge in [-0.2, -0.15) is 0 Å². The summed E-state index contributed by atoms with van der Waals surface area (Å²) in [7, 11) is -3.73. The third-order valence-corrected chi connectivity index (χ3v) is 9.80. The zero-order valence-corrected chi connectivity index (χ0v) is 27.8. The molecule has 3 aromatic rings. The molecule has 1 N–H and O–H groups in total. The normalized spacial score (nSPS) is 14.5. The summed E-state index contributed by atoms with van der Waals surface area (Å²) in [6, 6.07) is 20.8. The maximum atomic E-state index is 14.0. The molecule has 0 unspecified atom stereocenters. The summed E-state index contributed by atoms with van der Waals surface area (Å²) in [6.45, 7) is 0.207. The highest BCUT2D eigenvalue weighted by molar-refractivity contribution is 7.92. The maximum Gasteiger partial charge on any atom is 0.243 e. The maximum absolute atomic E-state index is 14.0. The number of nitrogens with zero attached hydrogens (tertiary/aromatic N) is 2. The topological polar surface area (TPSA) is 86.8 Å². The van der Waals surface area contributed by atoms with Crippen LogP contribution in [0, 0.1) is 0 Å². The number of sulfonamides is 1. The lowest BCUT2D eigenvalue weighted by molar-refractivity contribution is -0.141. The van der Waals surface area contributed by atoms with E-state index in [0.29, 0.717) is 16.5 Å². The van der Waals surface area contributed by atoms with Crippen LogP contribution in [0.15, 0.2) is 72.8 Å². The molecule has 4 rings (SSSR count). The van der Waals surface area contributed by atoms with Gasteiger partial charge in [-0.25, -0.2) is 8.42 Å². The Morgan fingerprint density at radius 2 is 1.55 bits per heavy atom. The van der Waals surface area contributed by atoms with Gasteiger partial charge in [-0.1, -0.05) is 96.5 Å².